The van der Waals surface area contributed by atoms with Gasteiger partial charge in [-0.05, 0) is 29.8 Å². The first-order valence-corrected chi connectivity index (χ1v) is 9.29. The van der Waals surface area contributed by atoms with Crippen molar-refractivity contribution in [3.05, 3.63) is 82.5 Å². The van der Waals surface area contributed by atoms with Crippen molar-refractivity contribution in [2.45, 2.75) is 6.61 Å². The van der Waals surface area contributed by atoms with Crippen LogP contribution in [0.25, 0.3) is 22.3 Å². The van der Waals surface area contributed by atoms with E-state index >= 15 is 0 Å². The number of aromatic hydroxyl groups is 1. The van der Waals surface area contributed by atoms with E-state index in [1.807, 2.05) is 30.3 Å². The second-order valence-corrected chi connectivity index (χ2v) is 6.61. The average molecular weight is 404 g/mol. The van der Waals surface area contributed by atoms with Gasteiger partial charge in [-0.3, -0.25) is 4.79 Å². The first-order chi connectivity index (χ1) is 14.6. The molecule has 0 aliphatic carbocycles. The summed E-state index contributed by atoms with van der Waals surface area (Å²) in [4.78, 5) is 12.8. The van der Waals surface area contributed by atoms with E-state index in [1.54, 1.807) is 36.4 Å². The van der Waals surface area contributed by atoms with Crippen molar-refractivity contribution in [3.8, 4) is 34.3 Å². The number of hydrogen-bond donors (Lipinski definition) is 1. The molecule has 0 radical (unpaired) electrons. The van der Waals surface area contributed by atoms with Crippen LogP contribution < -0.4 is 19.6 Å². The van der Waals surface area contributed by atoms with Crippen molar-refractivity contribution in [1.82, 2.24) is 0 Å². The maximum absolute atomic E-state index is 12.8. The molecule has 4 aromatic rings. The van der Waals surface area contributed by atoms with Gasteiger partial charge in [-0.2, -0.15) is 0 Å². The lowest BCUT2D eigenvalue weighted by atomic mass is 10.1. The van der Waals surface area contributed by atoms with Crippen LogP contribution in [0.4, 0.5) is 0 Å². The van der Waals surface area contributed by atoms with Gasteiger partial charge in [0.25, 0.3) is 0 Å². The maximum Gasteiger partial charge on any atom is 0.238 e. The van der Waals surface area contributed by atoms with Crippen LogP contribution >= 0.6 is 0 Å². The Kier molecular flexibility index (Phi) is 5.30. The molecule has 0 aliphatic rings. The minimum absolute atomic E-state index is 0.0671. The lowest BCUT2D eigenvalue weighted by Gasteiger charge is -2.11. The highest BCUT2D eigenvalue weighted by molar-refractivity contribution is 5.88. The molecule has 6 heteroatoms. The molecular weight excluding hydrogens is 384 g/mol. The Morgan fingerprint density at radius 2 is 1.63 bits per heavy atom. The van der Waals surface area contributed by atoms with Crippen molar-refractivity contribution >= 4 is 11.0 Å². The Balaban J connectivity index is 1.68. The van der Waals surface area contributed by atoms with Gasteiger partial charge in [-0.15, -0.1) is 0 Å². The van der Waals surface area contributed by atoms with E-state index in [-0.39, 0.29) is 22.5 Å². The summed E-state index contributed by atoms with van der Waals surface area (Å²) in [6.45, 7) is 0.441. The fourth-order valence-electron chi connectivity index (χ4n) is 3.17. The van der Waals surface area contributed by atoms with Crippen molar-refractivity contribution in [2.24, 2.45) is 0 Å². The van der Waals surface area contributed by atoms with E-state index in [1.165, 1.54) is 14.2 Å². The molecule has 1 heterocycles. The summed E-state index contributed by atoms with van der Waals surface area (Å²) in [6, 6.07) is 19.9. The molecule has 0 saturated carbocycles. The van der Waals surface area contributed by atoms with Crippen LogP contribution in [-0.2, 0) is 6.61 Å². The molecule has 3 aromatic carbocycles. The summed E-state index contributed by atoms with van der Waals surface area (Å²) < 4.78 is 22.1. The summed E-state index contributed by atoms with van der Waals surface area (Å²) >= 11 is 0. The van der Waals surface area contributed by atoms with E-state index in [9.17, 15) is 9.90 Å². The zero-order valence-corrected chi connectivity index (χ0v) is 16.5. The van der Waals surface area contributed by atoms with Gasteiger partial charge in [0, 0.05) is 17.7 Å². The van der Waals surface area contributed by atoms with Crippen molar-refractivity contribution in [1.29, 1.82) is 0 Å². The molecule has 1 N–H and O–H groups in total. The third-order valence-electron chi connectivity index (χ3n) is 4.73. The van der Waals surface area contributed by atoms with Gasteiger partial charge in [0.05, 0.1) is 14.2 Å². The van der Waals surface area contributed by atoms with Crippen LogP contribution in [0.5, 0.6) is 23.0 Å². The fraction of sp³-hybridized carbons (Fsp3) is 0.125. The molecule has 6 nitrogen and oxygen atoms in total. The highest BCUT2D eigenvalue weighted by atomic mass is 16.5. The van der Waals surface area contributed by atoms with Crippen LogP contribution in [0.2, 0.25) is 0 Å². The molecule has 1 aromatic heterocycles. The summed E-state index contributed by atoms with van der Waals surface area (Å²) in [7, 11) is 2.95. The minimum atomic E-state index is -0.574. The SMILES string of the molecule is COc1cc(OC)c2c(=O)c(O)c(-c3ccc(OCc4ccccc4)cc3)oc2c1. The Morgan fingerprint density at radius 3 is 2.30 bits per heavy atom. The number of methoxy groups -OCH3 is 2. The van der Waals surface area contributed by atoms with E-state index < -0.39 is 11.2 Å². The molecule has 152 valence electrons. The monoisotopic (exact) mass is 404 g/mol. The molecule has 0 atom stereocenters. The van der Waals surface area contributed by atoms with Gasteiger partial charge in [-0.25, -0.2) is 0 Å². The topological polar surface area (TPSA) is 78.1 Å². The van der Waals surface area contributed by atoms with Gasteiger partial charge in [0.15, 0.2) is 5.76 Å². The van der Waals surface area contributed by atoms with E-state index in [0.29, 0.717) is 23.7 Å². The highest BCUT2D eigenvalue weighted by Crippen LogP contribution is 2.36. The van der Waals surface area contributed by atoms with Crippen molar-refractivity contribution in [2.75, 3.05) is 14.2 Å². The van der Waals surface area contributed by atoms with Crippen LogP contribution in [0.15, 0.2) is 75.9 Å². The Bertz CT molecular complexity index is 1230. The molecule has 0 bridgehead atoms. The van der Waals surface area contributed by atoms with Gasteiger partial charge < -0.3 is 23.7 Å². The summed E-state index contributed by atoms with van der Waals surface area (Å²) in [5.41, 5.74) is 1.28. The van der Waals surface area contributed by atoms with Gasteiger partial charge in [0.1, 0.15) is 34.8 Å². The smallest absolute Gasteiger partial charge is 0.238 e. The Hall–Kier alpha value is -3.93. The molecule has 0 saturated heterocycles. The van der Waals surface area contributed by atoms with Crippen LogP contribution in [-0.4, -0.2) is 19.3 Å². The summed E-state index contributed by atoms with van der Waals surface area (Å²) in [5.74, 6) is 0.989. The number of hydrogen-bond acceptors (Lipinski definition) is 6. The number of fused-ring (bicyclic) bond motifs is 1. The van der Waals surface area contributed by atoms with Gasteiger partial charge in [0.2, 0.25) is 11.2 Å². The third-order valence-corrected chi connectivity index (χ3v) is 4.73. The number of benzene rings is 3. The number of rotatable bonds is 6. The summed E-state index contributed by atoms with van der Waals surface area (Å²) in [6.07, 6.45) is 0. The standard InChI is InChI=1S/C24H20O6/c1-27-18-12-19(28-2)21-20(13-18)30-24(23(26)22(21)25)16-8-10-17(11-9-16)29-14-15-6-4-3-5-7-15/h3-13,26H,14H2,1-2H3. The average Bonchev–Trinajstić information content (AvgIpc) is 2.80. The minimum Gasteiger partial charge on any atom is -0.502 e. The van der Waals surface area contributed by atoms with Gasteiger partial charge >= 0.3 is 0 Å². The zero-order valence-electron chi connectivity index (χ0n) is 16.5. The van der Waals surface area contributed by atoms with Crippen LogP contribution in [0, 0.1) is 0 Å². The lowest BCUT2D eigenvalue weighted by molar-refractivity contribution is 0.306. The second kappa shape index (κ2) is 8.21. The Morgan fingerprint density at radius 1 is 0.900 bits per heavy atom. The number of ether oxygens (including phenoxy) is 3. The first-order valence-electron chi connectivity index (χ1n) is 9.29. The third kappa shape index (κ3) is 3.67. The molecule has 4 rings (SSSR count). The van der Waals surface area contributed by atoms with E-state index in [4.69, 9.17) is 18.6 Å². The largest absolute Gasteiger partial charge is 0.502 e. The fourth-order valence-corrected chi connectivity index (χ4v) is 3.17. The second-order valence-electron chi connectivity index (χ2n) is 6.61. The van der Waals surface area contributed by atoms with Crippen molar-refractivity contribution in [3.63, 3.8) is 0 Å². The quantitative estimate of drug-likeness (QED) is 0.499. The predicted molar refractivity (Wildman–Crippen MR) is 113 cm³/mol. The van der Waals surface area contributed by atoms with Gasteiger partial charge in [-0.1, -0.05) is 30.3 Å². The predicted octanol–water partition coefficient (Wildman–Crippen LogP) is 4.76. The molecule has 0 amide bonds. The molecule has 0 aliphatic heterocycles. The van der Waals surface area contributed by atoms with E-state index in [0.717, 1.165) is 5.56 Å². The molecule has 0 unspecified atom stereocenters. The van der Waals surface area contributed by atoms with E-state index in [2.05, 4.69) is 0 Å². The molecule has 0 fully saturated rings. The molecule has 0 spiro atoms. The molecule has 30 heavy (non-hydrogen) atoms. The Labute approximate surface area is 172 Å². The molecular formula is C24H20O6. The van der Waals surface area contributed by atoms with Crippen LogP contribution in [0.1, 0.15) is 5.56 Å². The summed E-state index contributed by atoms with van der Waals surface area (Å²) in [5, 5.41) is 10.6. The highest BCUT2D eigenvalue weighted by Gasteiger charge is 2.19. The zero-order chi connectivity index (χ0) is 21.1. The normalized spacial score (nSPS) is 10.7. The van der Waals surface area contributed by atoms with Crippen molar-refractivity contribution < 1.29 is 23.7 Å². The maximum atomic E-state index is 12.8. The lowest BCUT2D eigenvalue weighted by Crippen LogP contribution is -2.05. The van der Waals surface area contributed by atoms with Crippen LogP contribution in [0.3, 0.4) is 0 Å². The first kappa shape index (κ1) is 19.4.